The van der Waals surface area contributed by atoms with Crippen LogP contribution in [0, 0.1) is 0 Å². The molecule has 2 fully saturated rings. The summed E-state index contributed by atoms with van der Waals surface area (Å²) in [4.78, 5) is 2.66. The van der Waals surface area contributed by atoms with E-state index in [0.717, 1.165) is 18.3 Å². The fourth-order valence-corrected chi connectivity index (χ4v) is 4.60. The van der Waals surface area contributed by atoms with Crippen molar-refractivity contribution in [2.45, 2.75) is 49.0 Å². The first-order valence-electron chi connectivity index (χ1n) is 7.27. The minimum absolute atomic E-state index is 0.401. The number of hydrogen-bond donors (Lipinski definition) is 0. The highest BCUT2D eigenvalue weighted by Gasteiger charge is 2.46. The van der Waals surface area contributed by atoms with E-state index in [0.29, 0.717) is 4.32 Å². The summed E-state index contributed by atoms with van der Waals surface area (Å²) in [6.07, 6.45) is 6.77. The molecule has 0 spiro atoms. The third kappa shape index (κ3) is 2.68. The monoisotopic (exact) mass is 323 g/mol. The van der Waals surface area contributed by atoms with Crippen LogP contribution in [0.3, 0.4) is 0 Å². The lowest BCUT2D eigenvalue weighted by molar-refractivity contribution is 0.192. The van der Waals surface area contributed by atoms with Gasteiger partial charge < -0.3 is 4.74 Å². The highest BCUT2D eigenvalue weighted by Crippen LogP contribution is 2.46. The molecule has 1 saturated heterocycles. The van der Waals surface area contributed by atoms with E-state index in [4.69, 9.17) is 4.74 Å². The van der Waals surface area contributed by atoms with Gasteiger partial charge in [-0.1, -0.05) is 40.9 Å². The summed E-state index contributed by atoms with van der Waals surface area (Å²) in [5.74, 6) is 0.942. The van der Waals surface area contributed by atoms with E-state index in [1.54, 1.807) is 7.11 Å². The first-order chi connectivity index (χ1) is 9.21. The molecular formula is C16H22BrNO. The average molecular weight is 324 g/mol. The second-order valence-electron chi connectivity index (χ2n) is 5.86. The number of halogens is 1. The molecule has 1 heterocycles. The first kappa shape index (κ1) is 13.4. The van der Waals surface area contributed by atoms with E-state index < -0.39 is 0 Å². The van der Waals surface area contributed by atoms with Gasteiger partial charge in [-0.3, -0.25) is 4.90 Å². The largest absolute Gasteiger partial charge is 0.497 e. The highest BCUT2D eigenvalue weighted by molar-refractivity contribution is 9.10. The van der Waals surface area contributed by atoms with Crippen molar-refractivity contribution < 1.29 is 4.74 Å². The maximum atomic E-state index is 5.22. The molecule has 0 amide bonds. The summed E-state index contributed by atoms with van der Waals surface area (Å²) in [7, 11) is 1.72. The van der Waals surface area contributed by atoms with Crippen molar-refractivity contribution in [2.24, 2.45) is 0 Å². The lowest BCUT2D eigenvalue weighted by Crippen LogP contribution is -2.42. The summed E-state index contributed by atoms with van der Waals surface area (Å²) < 4.78 is 5.62. The molecule has 2 atom stereocenters. The minimum atomic E-state index is 0.401. The molecule has 104 valence electrons. The molecule has 1 aromatic carbocycles. The predicted molar refractivity (Wildman–Crippen MR) is 81.9 cm³/mol. The Hall–Kier alpha value is -0.540. The maximum absolute atomic E-state index is 5.22. The number of rotatable bonds is 3. The lowest BCUT2D eigenvalue weighted by Gasteiger charge is -2.37. The van der Waals surface area contributed by atoms with Gasteiger partial charge in [-0.2, -0.15) is 0 Å². The Morgan fingerprint density at radius 1 is 1.26 bits per heavy atom. The first-order valence-corrected chi connectivity index (χ1v) is 8.06. The van der Waals surface area contributed by atoms with Gasteiger partial charge in [-0.15, -0.1) is 0 Å². The van der Waals surface area contributed by atoms with Crippen molar-refractivity contribution in [3.63, 3.8) is 0 Å². The van der Waals surface area contributed by atoms with E-state index >= 15 is 0 Å². The molecule has 0 bridgehead atoms. The van der Waals surface area contributed by atoms with E-state index in [-0.39, 0.29) is 0 Å². The standard InChI is InChI=1S/C16H22BrNO/c1-19-14-7-5-13(6-8-14)12-18-11-10-16(17)9-3-2-4-15(16)18/h5-8,15H,2-4,9-12H2,1H3/t15-,16+/m0/s1. The van der Waals surface area contributed by atoms with Gasteiger partial charge in [-0.05, 0) is 37.0 Å². The van der Waals surface area contributed by atoms with Crippen LogP contribution in [0.15, 0.2) is 24.3 Å². The van der Waals surface area contributed by atoms with Gasteiger partial charge in [0.05, 0.1) is 7.11 Å². The molecular weight excluding hydrogens is 302 g/mol. The Bertz CT molecular complexity index is 433. The van der Waals surface area contributed by atoms with E-state index in [2.05, 4.69) is 45.1 Å². The van der Waals surface area contributed by atoms with Crippen LogP contribution in [0.25, 0.3) is 0 Å². The van der Waals surface area contributed by atoms with Crippen LogP contribution in [-0.2, 0) is 6.54 Å². The van der Waals surface area contributed by atoms with E-state index in [1.165, 1.54) is 44.2 Å². The molecule has 0 aromatic heterocycles. The fourth-order valence-electron chi connectivity index (χ4n) is 3.62. The number of likely N-dealkylation sites (tertiary alicyclic amines) is 1. The predicted octanol–water partition coefficient (Wildman–Crippen LogP) is 3.98. The smallest absolute Gasteiger partial charge is 0.118 e. The molecule has 19 heavy (non-hydrogen) atoms. The molecule has 1 saturated carbocycles. The number of benzene rings is 1. The summed E-state index contributed by atoms with van der Waals surface area (Å²) in [6, 6.07) is 9.23. The number of alkyl halides is 1. The van der Waals surface area contributed by atoms with E-state index in [9.17, 15) is 0 Å². The number of nitrogens with zero attached hydrogens (tertiary/aromatic N) is 1. The van der Waals surface area contributed by atoms with Gasteiger partial charge in [0, 0.05) is 23.5 Å². The van der Waals surface area contributed by atoms with Gasteiger partial charge in [0.2, 0.25) is 0 Å². The quantitative estimate of drug-likeness (QED) is 0.780. The van der Waals surface area contributed by atoms with Gasteiger partial charge in [0.15, 0.2) is 0 Å². The summed E-state index contributed by atoms with van der Waals surface area (Å²) >= 11 is 4.04. The van der Waals surface area contributed by atoms with Crippen LogP contribution in [0.1, 0.15) is 37.7 Å². The highest BCUT2D eigenvalue weighted by atomic mass is 79.9. The lowest BCUT2D eigenvalue weighted by atomic mass is 9.85. The second kappa shape index (κ2) is 5.45. The third-order valence-corrected chi connectivity index (χ3v) is 6.04. The van der Waals surface area contributed by atoms with Crippen LogP contribution in [-0.4, -0.2) is 28.9 Å². The van der Waals surface area contributed by atoms with Gasteiger partial charge in [0.1, 0.15) is 5.75 Å². The summed E-state index contributed by atoms with van der Waals surface area (Å²) in [5, 5.41) is 0. The number of methoxy groups -OCH3 is 1. The molecule has 1 aliphatic carbocycles. The summed E-state index contributed by atoms with van der Waals surface area (Å²) in [5.41, 5.74) is 1.39. The van der Waals surface area contributed by atoms with Crippen molar-refractivity contribution in [2.75, 3.05) is 13.7 Å². The fraction of sp³-hybridized carbons (Fsp3) is 0.625. The number of hydrogen-bond acceptors (Lipinski definition) is 2. The van der Waals surface area contributed by atoms with Crippen LogP contribution in [0.2, 0.25) is 0 Å². The Balaban J connectivity index is 1.69. The summed E-state index contributed by atoms with van der Waals surface area (Å²) in [6.45, 7) is 2.30. The van der Waals surface area contributed by atoms with Crippen LogP contribution in [0.4, 0.5) is 0 Å². The topological polar surface area (TPSA) is 12.5 Å². The zero-order chi connectivity index (χ0) is 13.3. The molecule has 1 aromatic rings. The SMILES string of the molecule is COc1ccc(CN2CC[C@]3(Br)CCCC[C@H]23)cc1. The maximum Gasteiger partial charge on any atom is 0.118 e. The molecule has 0 N–H and O–H groups in total. The zero-order valence-corrected chi connectivity index (χ0v) is 13.2. The minimum Gasteiger partial charge on any atom is -0.497 e. The van der Waals surface area contributed by atoms with Crippen molar-refractivity contribution >= 4 is 15.9 Å². The second-order valence-corrected chi connectivity index (χ2v) is 7.44. The third-order valence-electron chi connectivity index (χ3n) is 4.72. The van der Waals surface area contributed by atoms with Crippen molar-refractivity contribution in [1.29, 1.82) is 0 Å². The average Bonchev–Trinajstić information content (AvgIpc) is 2.77. The molecule has 0 unspecified atom stereocenters. The molecule has 0 radical (unpaired) electrons. The molecule has 2 nitrogen and oxygen atoms in total. The van der Waals surface area contributed by atoms with Gasteiger partial charge >= 0.3 is 0 Å². The number of fused-ring (bicyclic) bond motifs is 1. The zero-order valence-electron chi connectivity index (χ0n) is 11.6. The van der Waals surface area contributed by atoms with Crippen molar-refractivity contribution in [3.05, 3.63) is 29.8 Å². The molecule has 1 aliphatic heterocycles. The molecule has 2 aliphatic rings. The van der Waals surface area contributed by atoms with Crippen LogP contribution < -0.4 is 4.74 Å². The Morgan fingerprint density at radius 3 is 2.79 bits per heavy atom. The number of ether oxygens (including phenoxy) is 1. The normalized spacial score (nSPS) is 31.2. The van der Waals surface area contributed by atoms with Gasteiger partial charge in [-0.25, -0.2) is 0 Å². The van der Waals surface area contributed by atoms with E-state index in [1.807, 2.05) is 0 Å². The van der Waals surface area contributed by atoms with Gasteiger partial charge in [0.25, 0.3) is 0 Å². The Labute approximate surface area is 124 Å². The van der Waals surface area contributed by atoms with Crippen molar-refractivity contribution in [1.82, 2.24) is 4.90 Å². The Kier molecular flexibility index (Phi) is 3.86. The Morgan fingerprint density at radius 2 is 2.05 bits per heavy atom. The van der Waals surface area contributed by atoms with Crippen molar-refractivity contribution in [3.8, 4) is 5.75 Å². The molecule has 3 rings (SSSR count). The molecule has 3 heteroatoms. The van der Waals surface area contributed by atoms with Crippen LogP contribution in [0.5, 0.6) is 5.75 Å². The van der Waals surface area contributed by atoms with Crippen LogP contribution >= 0.6 is 15.9 Å².